The van der Waals surface area contributed by atoms with Gasteiger partial charge in [-0.1, -0.05) is 12.8 Å². The predicted octanol–water partition coefficient (Wildman–Crippen LogP) is 2.07. The summed E-state index contributed by atoms with van der Waals surface area (Å²) in [6.45, 7) is 0.127. The Morgan fingerprint density at radius 1 is 1.33 bits per heavy atom. The second kappa shape index (κ2) is 7.61. The Morgan fingerprint density at radius 3 is 2.79 bits per heavy atom. The van der Waals surface area contributed by atoms with Crippen molar-refractivity contribution in [2.24, 2.45) is 5.92 Å². The molecule has 2 amide bonds. The highest BCUT2D eigenvalue weighted by Crippen LogP contribution is 2.43. The molecule has 0 unspecified atom stereocenters. The van der Waals surface area contributed by atoms with Crippen molar-refractivity contribution in [3.8, 4) is 0 Å². The monoisotopic (exact) mass is 478 g/mol. The van der Waals surface area contributed by atoms with Crippen molar-refractivity contribution in [1.82, 2.24) is 15.1 Å². The lowest BCUT2D eigenvalue weighted by Crippen LogP contribution is -2.53. The number of amides is 2. The molecule has 1 aromatic carbocycles. The minimum atomic E-state index is -3.56. The van der Waals surface area contributed by atoms with Gasteiger partial charge in [0.05, 0.1) is 23.5 Å². The zero-order valence-corrected chi connectivity index (χ0v) is 18.9. The highest BCUT2D eigenvalue weighted by atomic mass is 32.2. The number of anilines is 1. The molecule has 1 aromatic heterocycles. The third-order valence-corrected chi connectivity index (χ3v) is 7.38. The first-order valence-electron chi connectivity index (χ1n) is 10.9. The molecule has 8 nitrogen and oxygen atoms in total. The number of hydrogen-bond acceptors (Lipinski definition) is 5. The van der Waals surface area contributed by atoms with Crippen LogP contribution in [0.1, 0.15) is 53.0 Å². The summed E-state index contributed by atoms with van der Waals surface area (Å²) in [5.74, 6) is -2.80. The van der Waals surface area contributed by atoms with Crippen LogP contribution in [0.3, 0.4) is 0 Å². The smallest absolute Gasteiger partial charge is 0.272 e. The maximum Gasteiger partial charge on any atom is 0.272 e. The quantitative estimate of drug-likeness (QED) is 0.661. The standard InChI is InChI=1S/C22H24F2N4O4S/c1-33(31,32)10-17(29)25-19-16(5-4-12-2-3-12)27-28-11-22(26-21(30)20(19)28)7-6-13-8-14(23)9-15(24)18(13)22/h8-9,12H,2-7,10-11H2,1H3,(H,25,29)(H,26,30)/t22-/m1/s1. The summed E-state index contributed by atoms with van der Waals surface area (Å²) in [6.07, 6.45) is 5.37. The third kappa shape index (κ3) is 4.14. The Bertz CT molecular complexity index is 1290. The number of benzene rings is 1. The largest absolute Gasteiger partial charge is 0.339 e. The molecule has 1 fully saturated rings. The molecular formula is C22H24F2N4O4S. The maximum absolute atomic E-state index is 14.8. The zero-order valence-electron chi connectivity index (χ0n) is 18.1. The van der Waals surface area contributed by atoms with Gasteiger partial charge in [0.1, 0.15) is 23.1 Å². The van der Waals surface area contributed by atoms with Gasteiger partial charge in [-0.3, -0.25) is 14.3 Å². The summed E-state index contributed by atoms with van der Waals surface area (Å²) in [5, 5.41) is 10.1. The van der Waals surface area contributed by atoms with Crippen LogP contribution in [0.25, 0.3) is 0 Å². The Morgan fingerprint density at radius 2 is 2.09 bits per heavy atom. The lowest BCUT2D eigenvalue weighted by atomic mass is 9.89. The van der Waals surface area contributed by atoms with E-state index in [0.717, 1.165) is 31.6 Å². The van der Waals surface area contributed by atoms with Crippen molar-refractivity contribution in [2.75, 3.05) is 17.3 Å². The fraction of sp³-hybridized carbons (Fsp3) is 0.500. The molecule has 3 aliphatic rings. The zero-order chi connectivity index (χ0) is 23.5. The molecule has 5 rings (SSSR count). The summed E-state index contributed by atoms with van der Waals surface area (Å²) in [6, 6.07) is 2.10. The SMILES string of the molecule is CS(=O)(=O)CC(=O)Nc1c(CCC2CC2)nn2c1C(=O)N[C@]1(CCc3cc(F)cc(F)c31)C2. The Kier molecular flexibility index (Phi) is 5.07. The highest BCUT2D eigenvalue weighted by molar-refractivity contribution is 7.91. The first-order chi connectivity index (χ1) is 15.5. The van der Waals surface area contributed by atoms with Gasteiger partial charge in [-0.2, -0.15) is 5.10 Å². The second-order valence-electron chi connectivity index (χ2n) is 9.39. The average molecular weight is 479 g/mol. The van der Waals surface area contributed by atoms with Crippen molar-refractivity contribution in [2.45, 2.75) is 50.6 Å². The van der Waals surface area contributed by atoms with E-state index in [1.807, 2.05) is 0 Å². The van der Waals surface area contributed by atoms with Crippen LogP contribution in [0.5, 0.6) is 0 Å². The van der Waals surface area contributed by atoms with E-state index in [1.54, 1.807) is 0 Å². The van der Waals surface area contributed by atoms with E-state index in [-0.39, 0.29) is 23.5 Å². The van der Waals surface area contributed by atoms with Crippen molar-refractivity contribution in [3.63, 3.8) is 0 Å². The molecule has 2 aromatic rings. The lowest BCUT2D eigenvalue weighted by Gasteiger charge is -2.36. The number of sulfone groups is 1. The molecule has 0 bridgehead atoms. The molecule has 1 atom stereocenters. The number of carbonyl (C=O) groups excluding carboxylic acids is 2. The topological polar surface area (TPSA) is 110 Å². The van der Waals surface area contributed by atoms with Gasteiger partial charge in [-0.15, -0.1) is 0 Å². The van der Waals surface area contributed by atoms with Crippen LogP contribution in [0.2, 0.25) is 0 Å². The number of nitrogens with one attached hydrogen (secondary N) is 2. The molecule has 1 aliphatic heterocycles. The van der Waals surface area contributed by atoms with Crippen molar-refractivity contribution in [1.29, 1.82) is 0 Å². The van der Waals surface area contributed by atoms with E-state index in [1.165, 1.54) is 10.7 Å². The molecule has 1 spiro atoms. The Balaban J connectivity index is 1.53. The van der Waals surface area contributed by atoms with Crippen LogP contribution in [0.4, 0.5) is 14.5 Å². The first-order valence-corrected chi connectivity index (χ1v) is 13.0. The predicted molar refractivity (Wildman–Crippen MR) is 115 cm³/mol. The van der Waals surface area contributed by atoms with E-state index in [0.29, 0.717) is 36.4 Å². The molecule has 2 N–H and O–H groups in total. The average Bonchev–Trinajstić information content (AvgIpc) is 3.37. The summed E-state index contributed by atoms with van der Waals surface area (Å²) in [5.41, 5.74) is 0.535. The summed E-state index contributed by atoms with van der Waals surface area (Å²) in [7, 11) is -3.56. The van der Waals surface area contributed by atoms with Crippen LogP contribution in [-0.4, -0.2) is 42.0 Å². The van der Waals surface area contributed by atoms with Crippen molar-refractivity contribution in [3.05, 3.63) is 46.3 Å². The lowest BCUT2D eigenvalue weighted by molar-refractivity contribution is -0.113. The number of aromatic nitrogens is 2. The van der Waals surface area contributed by atoms with E-state index < -0.39 is 44.6 Å². The molecular weight excluding hydrogens is 454 g/mol. The maximum atomic E-state index is 14.8. The number of halogens is 2. The van der Waals surface area contributed by atoms with Gasteiger partial charge in [0.2, 0.25) is 5.91 Å². The highest BCUT2D eigenvalue weighted by Gasteiger charge is 2.48. The van der Waals surface area contributed by atoms with Gasteiger partial charge >= 0.3 is 0 Å². The van der Waals surface area contributed by atoms with Gasteiger partial charge in [0, 0.05) is 17.9 Å². The fourth-order valence-electron chi connectivity index (χ4n) is 5.01. The minimum Gasteiger partial charge on any atom is -0.339 e. The number of nitrogens with zero attached hydrogens (tertiary/aromatic N) is 2. The third-order valence-electron chi connectivity index (χ3n) is 6.59. The molecule has 1 saturated carbocycles. The van der Waals surface area contributed by atoms with Crippen LogP contribution in [0, 0.1) is 17.6 Å². The summed E-state index contributed by atoms with van der Waals surface area (Å²) in [4.78, 5) is 25.6. The van der Waals surface area contributed by atoms with Gasteiger partial charge in [-0.05, 0) is 43.2 Å². The van der Waals surface area contributed by atoms with Gasteiger partial charge in [-0.25, -0.2) is 17.2 Å². The second-order valence-corrected chi connectivity index (χ2v) is 11.5. The number of hydrogen-bond donors (Lipinski definition) is 2. The number of fused-ring (bicyclic) bond motifs is 3. The first kappa shape index (κ1) is 22.0. The van der Waals surface area contributed by atoms with Gasteiger partial charge < -0.3 is 10.6 Å². The molecule has 2 heterocycles. The molecule has 0 saturated heterocycles. The van der Waals surface area contributed by atoms with E-state index >= 15 is 0 Å². The normalized spacial score (nSPS) is 21.6. The summed E-state index contributed by atoms with van der Waals surface area (Å²) < 4.78 is 53.1. The van der Waals surface area contributed by atoms with Gasteiger partial charge in [0.25, 0.3) is 5.91 Å². The van der Waals surface area contributed by atoms with Gasteiger partial charge in [0.15, 0.2) is 9.84 Å². The molecule has 2 aliphatic carbocycles. The van der Waals surface area contributed by atoms with Crippen LogP contribution < -0.4 is 10.6 Å². The molecule has 33 heavy (non-hydrogen) atoms. The van der Waals surface area contributed by atoms with Crippen LogP contribution in [0.15, 0.2) is 12.1 Å². The minimum absolute atomic E-state index is 0.115. The Hall–Kier alpha value is -2.82. The van der Waals surface area contributed by atoms with Crippen LogP contribution in [-0.2, 0) is 39.6 Å². The van der Waals surface area contributed by atoms with E-state index in [9.17, 15) is 26.8 Å². The number of carbonyl (C=O) groups is 2. The number of rotatable bonds is 6. The van der Waals surface area contributed by atoms with Crippen molar-refractivity contribution < 1.29 is 26.8 Å². The summed E-state index contributed by atoms with van der Waals surface area (Å²) >= 11 is 0. The molecule has 11 heteroatoms. The van der Waals surface area contributed by atoms with Crippen LogP contribution >= 0.6 is 0 Å². The Labute approximate surface area is 189 Å². The molecule has 0 radical (unpaired) electrons. The fourth-order valence-corrected chi connectivity index (χ4v) is 5.56. The van der Waals surface area contributed by atoms with E-state index in [2.05, 4.69) is 15.7 Å². The molecule has 176 valence electrons. The van der Waals surface area contributed by atoms with Crippen molar-refractivity contribution >= 4 is 27.3 Å². The van der Waals surface area contributed by atoms with E-state index in [4.69, 9.17) is 0 Å². The number of aryl methyl sites for hydroxylation is 2.